The van der Waals surface area contributed by atoms with Gasteiger partial charge in [0.25, 0.3) is 0 Å². The van der Waals surface area contributed by atoms with Crippen LogP contribution in [0, 0.1) is 15.7 Å². The van der Waals surface area contributed by atoms with E-state index in [1.807, 2.05) is 24.3 Å². The zero-order valence-corrected chi connectivity index (χ0v) is 23.6. The summed E-state index contributed by atoms with van der Waals surface area (Å²) in [5.41, 5.74) is 2.32. The topological polar surface area (TPSA) is 105 Å². The van der Waals surface area contributed by atoms with Crippen molar-refractivity contribution in [2.75, 3.05) is 37.7 Å². The van der Waals surface area contributed by atoms with E-state index in [-0.39, 0.29) is 6.04 Å². The summed E-state index contributed by atoms with van der Waals surface area (Å²) >= 11 is 13.3. The molecule has 4 rings (SSSR count). The summed E-state index contributed by atoms with van der Waals surface area (Å²) in [4.78, 5) is 4.86. The fourth-order valence-corrected chi connectivity index (χ4v) is 5.86. The summed E-state index contributed by atoms with van der Waals surface area (Å²) in [6, 6.07) is 16.5. The van der Waals surface area contributed by atoms with Crippen LogP contribution in [0.2, 0.25) is 10.0 Å². The molecule has 0 amide bonds. The number of benzene rings is 2. The average Bonchev–Trinajstić information content (AvgIpc) is 3.37. The van der Waals surface area contributed by atoms with Crippen LogP contribution >= 0.6 is 23.2 Å². The van der Waals surface area contributed by atoms with Gasteiger partial charge in [0.1, 0.15) is 0 Å². The molecular weight excluding hydrogens is 539 g/mol. The molecule has 0 radical (unpaired) electrons. The third-order valence-corrected chi connectivity index (χ3v) is 7.76. The number of rotatable bonds is 9. The maximum Gasteiger partial charge on any atom is 0.0789 e. The second-order valence-corrected chi connectivity index (χ2v) is 11.8. The van der Waals surface area contributed by atoms with E-state index in [0.717, 1.165) is 44.2 Å². The summed E-state index contributed by atoms with van der Waals surface area (Å²) < 4.78 is 39.2. The molecular formula is C27H37Cl3N2O5. The fourth-order valence-electron chi connectivity index (χ4n) is 5.26. The Balaban J connectivity index is 0.000000695. The molecule has 1 aliphatic carbocycles. The first-order valence-corrected chi connectivity index (χ1v) is 14.8. The molecule has 206 valence electrons. The summed E-state index contributed by atoms with van der Waals surface area (Å²) in [5.74, 6) is 0. The lowest BCUT2D eigenvalue weighted by molar-refractivity contribution is -1.92. The SMILES string of the molecule is CC1(COCC(CN(c2ccccc2)c2c(Cl)cccc2Cl)N2CCCC2)CCCCC1.[O-][Cl+3]([O-])([O-])O. The van der Waals surface area contributed by atoms with Gasteiger partial charge in [-0.3, -0.25) is 4.90 Å². The van der Waals surface area contributed by atoms with Crippen LogP contribution in [-0.2, 0) is 4.74 Å². The highest BCUT2D eigenvalue weighted by molar-refractivity contribution is 6.39. The Morgan fingerprint density at radius 3 is 2.08 bits per heavy atom. The Kier molecular flexibility index (Phi) is 11.8. The molecule has 37 heavy (non-hydrogen) atoms. The lowest BCUT2D eigenvalue weighted by atomic mass is 9.76. The number of hydrogen-bond acceptors (Lipinski definition) is 7. The predicted octanol–water partition coefficient (Wildman–Crippen LogP) is 3.46. The van der Waals surface area contributed by atoms with E-state index < -0.39 is 10.2 Å². The van der Waals surface area contributed by atoms with Crippen molar-refractivity contribution >= 4 is 34.6 Å². The highest BCUT2D eigenvalue weighted by atomic mass is 35.7. The van der Waals surface area contributed by atoms with Gasteiger partial charge in [-0.25, -0.2) is 0 Å². The van der Waals surface area contributed by atoms with Crippen molar-refractivity contribution in [3.8, 4) is 0 Å². The molecule has 1 saturated heterocycles. The van der Waals surface area contributed by atoms with Crippen molar-refractivity contribution in [1.82, 2.24) is 4.90 Å². The second-order valence-electron chi connectivity index (χ2n) is 10.2. The van der Waals surface area contributed by atoms with Crippen LogP contribution in [-0.4, -0.2) is 48.4 Å². The van der Waals surface area contributed by atoms with Crippen molar-refractivity contribution in [2.45, 2.75) is 57.9 Å². The third kappa shape index (κ3) is 10.2. The molecule has 0 spiro atoms. The largest absolute Gasteiger partial charge is 0.379 e. The van der Waals surface area contributed by atoms with Crippen LogP contribution in [0.5, 0.6) is 0 Å². The van der Waals surface area contributed by atoms with Gasteiger partial charge in [0, 0.05) is 12.2 Å². The van der Waals surface area contributed by atoms with Crippen LogP contribution < -0.4 is 18.9 Å². The summed E-state index contributed by atoms with van der Waals surface area (Å²) in [6.45, 7) is 7.05. The number of likely N-dealkylation sites (tertiary alicyclic amines) is 1. The van der Waals surface area contributed by atoms with Crippen LogP contribution in [0.1, 0.15) is 51.9 Å². The highest BCUT2D eigenvalue weighted by Gasteiger charge is 2.30. The van der Waals surface area contributed by atoms with Gasteiger partial charge in [-0.2, -0.15) is 14.0 Å². The van der Waals surface area contributed by atoms with Gasteiger partial charge in [-0.05, 0) is 68.5 Å². The monoisotopic (exact) mass is 574 g/mol. The Hall–Kier alpha value is -1.13. The van der Waals surface area contributed by atoms with E-state index in [4.69, 9.17) is 46.6 Å². The number of ether oxygens (including phenoxy) is 1. The van der Waals surface area contributed by atoms with Crippen molar-refractivity contribution in [3.05, 3.63) is 58.6 Å². The van der Waals surface area contributed by atoms with Crippen molar-refractivity contribution in [2.24, 2.45) is 5.41 Å². The van der Waals surface area contributed by atoms with E-state index >= 15 is 0 Å². The zero-order valence-electron chi connectivity index (χ0n) is 21.3. The molecule has 1 unspecified atom stereocenters. The summed E-state index contributed by atoms with van der Waals surface area (Å²) in [5, 5.41) is 1.36. The van der Waals surface area contributed by atoms with E-state index in [0.29, 0.717) is 15.5 Å². The molecule has 2 aromatic rings. The molecule has 1 saturated carbocycles. The minimum atomic E-state index is -4.69. The van der Waals surface area contributed by atoms with Gasteiger partial charge >= 0.3 is 0 Å². The quantitative estimate of drug-likeness (QED) is 0.488. The number of nitrogens with zero attached hydrogens (tertiary/aromatic N) is 2. The van der Waals surface area contributed by atoms with E-state index in [1.165, 1.54) is 44.9 Å². The number of para-hydroxylation sites is 2. The molecule has 1 atom stereocenters. The van der Waals surface area contributed by atoms with Crippen molar-refractivity contribution in [1.29, 1.82) is 0 Å². The first kappa shape index (κ1) is 30.4. The van der Waals surface area contributed by atoms with Crippen molar-refractivity contribution < 1.29 is 33.6 Å². The number of halogens is 3. The van der Waals surface area contributed by atoms with Gasteiger partial charge in [-0.15, -0.1) is 0 Å². The van der Waals surface area contributed by atoms with E-state index in [9.17, 15) is 0 Å². The van der Waals surface area contributed by atoms with Crippen LogP contribution in [0.4, 0.5) is 11.4 Å². The summed E-state index contributed by atoms with van der Waals surface area (Å²) in [6.07, 6.45) is 9.12. The number of anilines is 2. The van der Waals surface area contributed by atoms with Gasteiger partial charge in [-0.1, -0.05) is 73.7 Å². The lowest BCUT2D eigenvalue weighted by Crippen LogP contribution is -2.58. The molecule has 1 aliphatic heterocycles. The minimum Gasteiger partial charge on any atom is -0.379 e. The lowest BCUT2D eigenvalue weighted by Gasteiger charge is -2.37. The molecule has 0 bridgehead atoms. The van der Waals surface area contributed by atoms with Crippen LogP contribution in [0.25, 0.3) is 0 Å². The molecule has 2 aliphatic rings. The normalized spacial score (nSPS) is 18.7. The molecule has 2 aromatic carbocycles. The Labute approximate surface area is 232 Å². The molecule has 2 fully saturated rings. The Morgan fingerprint density at radius 2 is 1.51 bits per heavy atom. The maximum atomic E-state index is 8.60. The first-order valence-electron chi connectivity index (χ1n) is 12.8. The molecule has 0 aromatic heterocycles. The van der Waals surface area contributed by atoms with Crippen molar-refractivity contribution in [3.63, 3.8) is 0 Å². The molecule has 1 N–H and O–H groups in total. The van der Waals surface area contributed by atoms with Gasteiger partial charge < -0.3 is 9.64 Å². The van der Waals surface area contributed by atoms with Crippen LogP contribution in [0.3, 0.4) is 0 Å². The smallest absolute Gasteiger partial charge is 0.0789 e. The summed E-state index contributed by atoms with van der Waals surface area (Å²) in [7, 11) is -4.69. The number of hydrogen-bond donors (Lipinski definition) is 1. The average molecular weight is 576 g/mol. The van der Waals surface area contributed by atoms with E-state index in [1.54, 1.807) is 0 Å². The Bertz CT molecular complexity index is 923. The third-order valence-electron chi connectivity index (χ3n) is 7.15. The fraction of sp³-hybridized carbons (Fsp3) is 0.556. The zero-order chi connectivity index (χ0) is 26.9. The van der Waals surface area contributed by atoms with Gasteiger partial charge in [0.15, 0.2) is 0 Å². The standard InChI is InChI=1S/C27H36Cl2N2O.ClHO4/c1-27(15-6-3-7-16-27)21-32-20-23(30-17-8-9-18-30)19-31(22-11-4-2-5-12-22)26-24(28)13-10-14-25(26)29;2-1(3,4)5/h2,4-5,10-14,23H,3,6-9,15-21H2,1H3;(H,2,3,4,5). The second kappa shape index (κ2) is 14.3. The first-order chi connectivity index (χ1) is 17.6. The molecule has 1 heterocycles. The van der Waals surface area contributed by atoms with Gasteiger partial charge in [0.2, 0.25) is 0 Å². The maximum absolute atomic E-state index is 8.60. The molecule has 7 nitrogen and oxygen atoms in total. The van der Waals surface area contributed by atoms with E-state index in [2.05, 4.69) is 41.0 Å². The molecule has 10 heteroatoms. The highest BCUT2D eigenvalue weighted by Crippen LogP contribution is 2.39. The van der Waals surface area contributed by atoms with Gasteiger partial charge in [0.05, 0.1) is 49.9 Å². The Morgan fingerprint density at radius 1 is 0.946 bits per heavy atom. The van der Waals surface area contributed by atoms with Crippen LogP contribution in [0.15, 0.2) is 48.5 Å². The predicted molar refractivity (Wildman–Crippen MR) is 139 cm³/mol. The minimum absolute atomic E-state index is 0.289.